The molecule has 0 aliphatic rings. The lowest BCUT2D eigenvalue weighted by Gasteiger charge is -2.27. The lowest BCUT2D eigenvalue weighted by Crippen LogP contribution is -2.43. The van der Waals surface area contributed by atoms with Crippen LogP contribution in [0.15, 0.2) is 124 Å². The first-order chi connectivity index (χ1) is 17.3. The first-order valence-corrected chi connectivity index (χ1v) is 13.0. The number of hydrazone groups is 1. The lowest BCUT2D eigenvalue weighted by atomic mass is 9.85. The van der Waals surface area contributed by atoms with Gasteiger partial charge in [-0.2, -0.15) is 13.5 Å². The monoisotopic (exact) mass is 564 g/mol. The van der Waals surface area contributed by atoms with Crippen molar-refractivity contribution in [3.8, 4) is 5.75 Å². The molecule has 4 rings (SSSR count). The molecule has 4 aromatic rings. The molecule has 0 bridgehead atoms. The second kappa shape index (κ2) is 10.9. The zero-order valence-corrected chi connectivity index (χ0v) is 21.2. The number of carbonyl (C=O) groups is 1. The van der Waals surface area contributed by atoms with E-state index in [-0.39, 0.29) is 16.2 Å². The summed E-state index contributed by atoms with van der Waals surface area (Å²) in [5.74, 6) is -0.771. The van der Waals surface area contributed by atoms with E-state index in [1.165, 1.54) is 24.4 Å². The van der Waals surface area contributed by atoms with Gasteiger partial charge in [-0.3, -0.25) is 4.79 Å². The van der Waals surface area contributed by atoms with Gasteiger partial charge in [-0.25, -0.2) is 5.43 Å². The van der Waals surface area contributed by atoms with E-state index < -0.39 is 21.6 Å². The van der Waals surface area contributed by atoms with Crippen LogP contribution >= 0.6 is 15.9 Å². The molecule has 182 valence electrons. The molecule has 9 heteroatoms. The number of rotatable bonds is 8. The van der Waals surface area contributed by atoms with Gasteiger partial charge < -0.3 is 9.29 Å². The van der Waals surface area contributed by atoms with Gasteiger partial charge in [0, 0.05) is 10.0 Å². The summed E-state index contributed by atoms with van der Waals surface area (Å²) in [4.78, 5) is 13.2. The quantitative estimate of drug-likeness (QED) is 0.185. The highest BCUT2D eigenvalue weighted by atomic mass is 79.9. The fraction of sp³-hybridized carbons (Fsp3) is 0.0370. The van der Waals surface area contributed by atoms with Gasteiger partial charge in [-0.1, -0.05) is 94.8 Å². The first-order valence-electron chi connectivity index (χ1n) is 10.8. The average Bonchev–Trinajstić information content (AvgIpc) is 2.91. The van der Waals surface area contributed by atoms with Crippen LogP contribution in [0.25, 0.3) is 0 Å². The molecule has 0 unspecified atom stereocenters. The standard InChI is InChI=1S/C27H21BrN2O5S/c28-23-16-17-25(35-36(33,34)24-14-8-3-9-15-24)20(18-23)19-29-30-26(31)27(32,21-10-4-1-5-11-21)22-12-6-2-7-13-22/h1-19,32H,(H,30,31)/b29-19-. The van der Waals surface area contributed by atoms with Crippen molar-refractivity contribution in [2.24, 2.45) is 5.10 Å². The van der Waals surface area contributed by atoms with Crippen LogP contribution in [0.4, 0.5) is 0 Å². The number of halogens is 1. The molecule has 0 aliphatic carbocycles. The summed E-state index contributed by atoms with van der Waals surface area (Å²) in [5.41, 5.74) is 1.38. The smallest absolute Gasteiger partial charge is 0.339 e. The van der Waals surface area contributed by atoms with Gasteiger partial charge in [0.05, 0.1) is 6.21 Å². The van der Waals surface area contributed by atoms with E-state index in [0.717, 1.165) is 0 Å². The minimum absolute atomic E-state index is 0.0000957. The maximum Gasteiger partial charge on any atom is 0.339 e. The van der Waals surface area contributed by atoms with Crippen molar-refractivity contribution in [2.45, 2.75) is 10.5 Å². The third kappa shape index (κ3) is 5.54. The molecule has 0 radical (unpaired) electrons. The van der Waals surface area contributed by atoms with E-state index in [0.29, 0.717) is 15.6 Å². The number of nitrogens with zero attached hydrogens (tertiary/aromatic N) is 1. The molecule has 0 fully saturated rings. The molecule has 0 aromatic heterocycles. The molecule has 0 spiro atoms. The number of carbonyl (C=O) groups excluding carboxylic acids is 1. The molecule has 2 N–H and O–H groups in total. The Bertz CT molecular complexity index is 1440. The Hall–Kier alpha value is -3.79. The second-order valence-electron chi connectivity index (χ2n) is 7.67. The van der Waals surface area contributed by atoms with Crippen LogP contribution in [0.5, 0.6) is 5.75 Å². The molecule has 4 aromatic carbocycles. The summed E-state index contributed by atoms with van der Waals surface area (Å²) >= 11 is 3.34. The van der Waals surface area contributed by atoms with Gasteiger partial charge in [0.25, 0.3) is 5.91 Å². The molecule has 0 atom stereocenters. The fourth-order valence-electron chi connectivity index (χ4n) is 3.48. The van der Waals surface area contributed by atoms with Gasteiger partial charge in [-0.15, -0.1) is 0 Å². The van der Waals surface area contributed by atoms with Gasteiger partial charge in [0.15, 0.2) is 11.4 Å². The predicted octanol–water partition coefficient (Wildman–Crippen LogP) is 4.60. The normalized spacial score (nSPS) is 11.8. The molecular formula is C27H21BrN2O5S. The fourth-order valence-corrected chi connectivity index (χ4v) is 4.83. The predicted molar refractivity (Wildman–Crippen MR) is 140 cm³/mol. The first kappa shape index (κ1) is 25.3. The van der Waals surface area contributed by atoms with Crippen molar-refractivity contribution in [1.29, 1.82) is 0 Å². The van der Waals surface area contributed by atoms with Crippen molar-refractivity contribution < 1.29 is 22.5 Å². The van der Waals surface area contributed by atoms with E-state index >= 15 is 0 Å². The Morgan fingerprint density at radius 1 is 0.861 bits per heavy atom. The molecule has 1 amide bonds. The van der Waals surface area contributed by atoms with Crippen LogP contribution < -0.4 is 9.61 Å². The van der Waals surface area contributed by atoms with Gasteiger partial charge in [0.1, 0.15) is 4.90 Å². The highest BCUT2D eigenvalue weighted by molar-refractivity contribution is 9.10. The largest absolute Gasteiger partial charge is 0.378 e. The van der Waals surface area contributed by atoms with E-state index in [4.69, 9.17) is 4.18 Å². The van der Waals surface area contributed by atoms with Gasteiger partial charge >= 0.3 is 10.1 Å². The molecular weight excluding hydrogens is 544 g/mol. The maximum absolute atomic E-state index is 13.2. The summed E-state index contributed by atoms with van der Waals surface area (Å²) in [6, 6.07) is 29.4. The van der Waals surface area contributed by atoms with Crippen LogP contribution in [0.2, 0.25) is 0 Å². The molecule has 0 saturated carbocycles. The van der Waals surface area contributed by atoms with Crippen LogP contribution in [-0.2, 0) is 20.5 Å². The number of hydrogen-bond acceptors (Lipinski definition) is 6. The highest BCUT2D eigenvalue weighted by Crippen LogP contribution is 2.30. The van der Waals surface area contributed by atoms with Crippen molar-refractivity contribution in [1.82, 2.24) is 5.43 Å². The zero-order chi connectivity index (χ0) is 25.6. The summed E-state index contributed by atoms with van der Waals surface area (Å²) in [7, 11) is -4.09. The minimum atomic E-state index is -4.09. The highest BCUT2D eigenvalue weighted by Gasteiger charge is 2.39. The number of hydrogen-bond donors (Lipinski definition) is 2. The zero-order valence-electron chi connectivity index (χ0n) is 18.8. The number of benzene rings is 4. The Morgan fingerprint density at radius 2 is 1.39 bits per heavy atom. The minimum Gasteiger partial charge on any atom is -0.378 e. The molecule has 0 heterocycles. The van der Waals surface area contributed by atoms with Crippen molar-refractivity contribution in [2.75, 3.05) is 0 Å². The number of aliphatic hydroxyl groups is 1. The maximum atomic E-state index is 13.2. The van der Waals surface area contributed by atoms with Crippen LogP contribution in [0, 0.1) is 0 Å². The van der Waals surface area contributed by atoms with E-state index in [9.17, 15) is 18.3 Å². The van der Waals surface area contributed by atoms with Gasteiger partial charge in [-0.05, 0) is 41.5 Å². The number of amides is 1. The lowest BCUT2D eigenvalue weighted by molar-refractivity contribution is -0.136. The van der Waals surface area contributed by atoms with Crippen molar-refractivity contribution in [3.05, 3.63) is 130 Å². The Morgan fingerprint density at radius 3 is 1.94 bits per heavy atom. The van der Waals surface area contributed by atoms with E-state index in [2.05, 4.69) is 26.5 Å². The molecule has 7 nitrogen and oxygen atoms in total. The third-order valence-corrected chi connectivity index (χ3v) is 7.03. The van der Waals surface area contributed by atoms with Crippen LogP contribution in [-0.4, -0.2) is 25.6 Å². The van der Waals surface area contributed by atoms with Crippen LogP contribution in [0.3, 0.4) is 0 Å². The average molecular weight is 565 g/mol. The van der Waals surface area contributed by atoms with Crippen molar-refractivity contribution in [3.63, 3.8) is 0 Å². The van der Waals surface area contributed by atoms with E-state index in [1.54, 1.807) is 91.0 Å². The second-order valence-corrected chi connectivity index (χ2v) is 10.1. The summed E-state index contributed by atoms with van der Waals surface area (Å²) < 4.78 is 31.3. The Labute approximate surface area is 217 Å². The molecule has 36 heavy (non-hydrogen) atoms. The Balaban J connectivity index is 1.61. The summed E-state index contributed by atoms with van der Waals surface area (Å²) in [6.45, 7) is 0. The third-order valence-electron chi connectivity index (χ3n) is 5.28. The SMILES string of the molecule is O=C(N/N=C\c1cc(Br)ccc1OS(=O)(=O)c1ccccc1)C(O)(c1ccccc1)c1ccccc1. The van der Waals surface area contributed by atoms with E-state index in [1.807, 2.05) is 0 Å². The molecule has 0 aliphatic heterocycles. The van der Waals surface area contributed by atoms with Gasteiger partial charge in [0.2, 0.25) is 0 Å². The topological polar surface area (TPSA) is 105 Å². The Kier molecular flexibility index (Phi) is 7.64. The molecule has 0 saturated heterocycles. The summed E-state index contributed by atoms with van der Waals surface area (Å²) in [6.07, 6.45) is 1.24. The number of nitrogens with one attached hydrogen (secondary N) is 1. The van der Waals surface area contributed by atoms with Crippen molar-refractivity contribution >= 4 is 38.2 Å². The summed E-state index contributed by atoms with van der Waals surface area (Å²) in [5, 5.41) is 15.5. The van der Waals surface area contributed by atoms with Crippen LogP contribution in [0.1, 0.15) is 16.7 Å².